The smallest absolute Gasteiger partial charge is 0.226 e. The monoisotopic (exact) mass is 399 g/mol. The molecule has 1 amide bonds. The van der Waals surface area contributed by atoms with Crippen molar-refractivity contribution in [3.63, 3.8) is 0 Å². The first-order chi connectivity index (χ1) is 13.7. The van der Waals surface area contributed by atoms with Crippen LogP contribution >= 0.6 is 0 Å². The van der Waals surface area contributed by atoms with E-state index in [4.69, 9.17) is 0 Å². The summed E-state index contributed by atoms with van der Waals surface area (Å²) in [7, 11) is 2.02. The van der Waals surface area contributed by atoms with Crippen LogP contribution in [0.1, 0.15) is 98.8 Å². The molecular formula is C27H45NO. The normalized spacial score (nSPS) is 42.9. The van der Waals surface area contributed by atoms with Gasteiger partial charge in [0.05, 0.1) is 0 Å². The molecule has 0 N–H and O–H groups in total. The topological polar surface area (TPSA) is 20.3 Å². The number of nitrogens with zero attached hydrogens (tertiary/aromatic N) is 1. The summed E-state index contributed by atoms with van der Waals surface area (Å²) in [6.45, 7) is 12.4. The zero-order chi connectivity index (χ0) is 21.0. The Labute approximate surface area is 179 Å². The molecule has 0 aromatic rings. The first-order valence-corrected chi connectivity index (χ1v) is 12.7. The van der Waals surface area contributed by atoms with E-state index >= 15 is 0 Å². The van der Waals surface area contributed by atoms with E-state index < -0.39 is 0 Å². The second-order valence-electron chi connectivity index (χ2n) is 12.1. The molecule has 1 aliphatic heterocycles. The molecule has 7 atom stereocenters. The number of hydrogen-bond acceptors (Lipinski definition) is 1. The fourth-order valence-electron chi connectivity index (χ4n) is 8.60. The van der Waals surface area contributed by atoms with E-state index in [0.717, 1.165) is 48.3 Å². The van der Waals surface area contributed by atoms with Gasteiger partial charge in [-0.1, -0.05) is 60.0 Å². The Morgan fingerprint density at radius 3 is 2.55 bits per heavy atom. The lowest BCUT2D eigenvalue weighted by molar-refractivity contribution is -0.136. The van der Waals surface area contributed by atoms with Gasteiger partial charge in [0.2, 0.25) is 5.91 Å². The highest BCUT2D eigenvalue weighted by Crippen LogP contribution is 2.67. The van der Waals surface area contributed by atoms with Crippen molar-refractivity contribution >= 4 is 5.91 Å². The predicted octanol–water partition coefficient (Wildman–Crippen LogP) is 7.05. The van der Waals surface area contributed by atoms with Crippen molar-refractivity contribution < 1.29 is 4.79 Å². The maximum atomic E-state index is 12.3. The molecule has 164 valence electrons. The third-order valence-electron chi connectivity index (χ3n) is 10.2. The van der Waals surface area contributed by atoms with E-state index in [1.807, 2.05) is 11.9 Å². The van der Waals surface area contributed by atoms with E-state index in [1.165, 1.54) is 57.1 Å². The number of carbonyl (C=O) groups excluding carboxylic acids is 1. The second-order valence-corrected chi connectivity index (χ2v) is 12.1. The molecule has 29 heavy (non-hydrogen) atoms. The minimum atomic E-state index is 0.230. The molecule has 2 nitrogen and oxygen atoms in total. The molecule has 3 aliphatic carbocycles. The zero-order valence-corrected chi connectivity index (χ0v) is 20.0. The lowest BCUT2D eigenvalue weighted by Crippen LogP contribution is -2.53. The first-order valence-electron chi connectivity index (χ1n) is 12.7. The number of rotatable bonds is 5. The van der Waals surface area contributed by atoms with Crippen molar-refractivity contribution in [2.45, 2.75) is 98.8 Å². The number of fused-ring (bicyclic) bond motifs is 5. The van der Waals surface area contributed by atoms with Crippen molar-refractivity contribution in [1.82, 2.24) is 4.90 Å². The third kappa shape index (κ3) is 3.41. The lowest BCUT2D eigenvalue weighted by Gasteiger charge is -2.58. The van der Waals surface area contributed by atoms with Gasteiger partial charge in [0.1, 0.15) is 0 Å². The van der Waals surface area contributed by atoms with Crippen LogP contribution in [-0.4, -0.2) is 17.9 Å². The van der Waals surface area contributed by atoms with Gasteiger partial charge >= 0.3 is 0 Å². The molecular weight excluding hydrogens is 354 g/mol. The van der Waals surface area contributed by atoms with Gasteiger partial charge in [0.15, 0.2) is 0 Å². The van der Waals surface area contributed by atoms with E-state index in [0.29, 0.717) is 11.3 Å². The van der Waals surface area contributed by atoms with Gasteiger partial charge in [0, 0.05) is 24.6 Å². The minimum Gasteiger partial charge on any atom is -0.319 e. The van der Waals surface area contributed by atoms with Crippen LogP contribution in [0, 0.1) is 46.3 Å². The highest BCUT2D eigenvalue weighted by molar-refractivity contribution is 5.79. The van der Waals surface area contributed by atoms with Crippen LogP contribution in [0.25, 0.3) is 0 Å². The number of hydrogen-bond donors (Lipinski definition) is 0. The summed E-state index contributed by atoms with van der Waals surface area (Å²) < 4.78 is 0. The molecule has 0 radical (unpaired) electrons. The van der Waals surface area contributed by atoms with Gasteiger partial charge < -0.3 is 4.90 Å². The Kier molecular flexibility index (Phi) is 5.71. The molecule has 0 bridgehead atoms. The molecule has 2 heteroatoms. The SMILES string of the molecule is CC(C)CCC[C@@H](C)[C@H]1CC[C@H]2[C@@H]3CC=C4N(C)C(=O)CC[C@]4(C)[C@H]3CC[C@]12C. The zero-order valence-electron chi connectivity index (χ0n) is 20.0. The van der Waals surface area contributed by atoms with E-state index in [1.54, 1.807) is 0 Å². The minimum absolute atomic E-state index is 0.230. The average molecular weight is 400 g/mol. The maximum absolute atomic E-state index is 12.3. The fraction of sp³-hybridized carbons (Fsp3) is 0.889. The summed E-state index contributed by atoms with van der Waals surface area (Å²) >= 11 is 0. The Morgan fingerprint density at radius 2 is 1.83 bits per heavy atom. The molecule has 1 saturated heterocycles. The van der Waals surface area contributed by atoms with Crippen molar-refractivity contribution in [2.24, 2.45) is 46.3 Å². The van der Waals surface area contributed by atoms with Gasteiger partial charge in [-0.25, -0.2) is 0 Å². The average Bonchev–Trinajstić information content (AvgIpc) is 3.02. The maximum Gasteiger partial charge on any atom is 0.226 e. The van der Waals surface area contributed by atoms with Crippen molar-refractivity contribution in [1.29, 1.82) is 0 Å². The Morgan fingerprint density at radius 1 is 1.07 bits per heavy atom. The van der Waals surface area contributed by atoms with E-state index in [9.17, 15) is 4.79 Å². The largest absolute Gasteiger partial charge is 0.319 e. The number of amides is 1. The Bertz CT molecular complexity index is 665. The molecule has 0 aromatic heterocycles. The Hall–Kier alpha value is -0.790. The van der Waals surface area contributed by atoms with Gasteiger partial charge in [-0.05, 0) is 79.4 Å². The summed E-state index contributed by atoms with van der Waals surface area (Å²) in [6, 6.07) is 0. The van der Waals surface area contributed by atoms with Crippen molar-refractivity contribution in [2.75, 3.05) is 7.05 Å². The van der Waals surface area contributed by atoms with Gasteiger partial charge in [-0.3, -0.25) is 4.79 Å². The summed E-state index contributed by atoms with van der Waals surface area (Å²) in [5.41, 5.74) is 2.14. The molecule has 0 aromatic carbocycles. The van der Waals surface area contributed by atoms with E-state index in [-0.39, 0.29) is 5.41 Å². The lowest BCUT2D eigenvalue weighted by atomic mass is 9.48. The second kappa shape index (κ2) is 7.72. The summed E-state index contributed by atoms with van der Waals surface area (Å²) in [6.07, 6.45) is 15.4. The fourth-order valence-corrected chi connectivity index (χ4v) is 8.60. The number of likely N-dealkylation sites (tertiary alicyclic amines) is 1. The van der Waals surface area contributed by atoms with Crippen LogP contribution in [0.3, 0.4) is 0 Å². The van der Waals surface area contributed by atoms with Gasteiger partial charge in [-0.2, -0.15) is 0 Å². The highest BCUT2D eigenvalue weighted by Gasteiger charge is 2.59. The van der Waals surface area contributed by atoms with Crippen LogP contribution < -0.4 is 0 Å². The van der Waals surface area contributed by atoms with Crippen LogP contribution in [-0.2, 0) is 4.79 Å². The van der Waals surface area contributed by atoms with E-state index in [2.05, 4.69) is 40.7 Å². The van der Waals surface area contributed by atoms with Crippen molar-refractivity contribution in [3.05, 3.63) is 11.8 Å². The van der Waals surface area contributed by atoms with Crippen LogP contribution in [0.4, 0.5) is 0 Å². The molecule has 3 fully saturated rings. The number of carbonyl (C=O) groups is 1. The first kappa shape index (κ1) is 21.4. The predicted molar refractivity (Wildman–Crippen MR) is 121 cm³/mol. The molecule has 0 spiro atoms. The molecule has 4 aliphatic rings. The summed E-state index contributed by atoms with van der Waals surface area (Å²) in [5.74, 6) is 5.50. The van der Waals surface area contributed by atoms with Gasteiger partial charge in [0.25, 0.3) is 0 Å². The summed E-state index contributed by atoms with van der Waals surface area (Å²) in [4.78, 5) is 14.3. The molecule has 2 saturated carbocycles. The highest BCUT2D eigenvalue weighted by atomic mass is 16.2. The molecule has 1 heterocycles. The standard InChI is InChI=1S/C27H45NO/c1-18(2)8-7-9-19(3)21-11-12-22-20-10-13-24-27(5,17-15-25(29)28(24)6)23(20)14-16-26(21,22)4/h13,18-23H,7-12,14-17H2,1-6H3/t19-,20+,21-,22+,23+,26-,27-/m1/s1. The summed E-state index contributed by atoms with van der Waals surface area (Å²) in [5, 5.41) is 0. The number of piperidine rings is 1. The quantitative estimate of drug-likeness (QED) is 0.485. The van der Waals surface area contributed by atoms with Crippen LogP contribution in [0.5, 0.6) is 0 Å². The molecule has 0 unspecified atom stereocenters. The van der Waals surface area contributed by atoms with Gasteiger partial charge in [-0.15, -0.1) is 0 Å². The number of allylic oxidation sites excluding steroid dienone is 2. The Balaban J connectivity index is 1.52. The third-order valence-corrected chi connectivity index (χ3v) is 10.2. The van der Waals surface area contributed by atoms with Crippen LogP contribution in [0.2, 0.25) is 0 Å². The van der Waals surface area contributed by atoms with Crippen LogP contribution in [0.15, 0.2) is 11.8 Å². The molecule has 4 rings (SSSR count). The van der Waals surface area contributed by atoms with Crippen molar-refractivity contribution in [3.8, 4) is 0 Å².